The predicted molar refractivity (Wildman–Crippen MR) is 243 cm³/mol. The number of amides is 1. The summed E-state index contributed by atoms with van der Waals surface area (Å²) in [6, 6.07) is -0.0701. The molecule has 2 N–H and O–H groups in total. The Morgan fingerprint density at radius 3 is 1.04 bits per heavy atom. The van der Waals surface area contributed by atoms with Crippen LogP contribution in [0.4, 0.5) is 0 Å². The van der Waals surface area contributed by atoms with Crippen molar-refractivity contribution in [3.05, 3.63) is 12.2 Å². The molecule has 0 saturated carbocycles. The molecule has 0 saturated heterocycles. The highest BCUT2D eigenvalue weighted by Gasteiger charge is 2.11. The Morgan fingerprint density at radius 2 is 0.691 bits per heavy atom. The number of aliphatic hydroxyl groups is 1. The zero-order chi connectivity index (χ0) is 40.0. The summed E-state index contributed by atoms with van der Waals surface area (Å²) in [5.74, 6) is 0.607. The highest BCUT2D eigenvalue weighted by Crippen LogP contribution is 2.16. The summed E-state index contributed by atoms with van der Waals surface area (Å²) >= 11 is 0. The number of nitrogens with one attached hydrogen (secondary N) is 1. The molecule has 0 aromatic rings. The SMILES string of the molecule is CCCCCCCC/C=C\CCCCCCCC(=O)CCCCCCCCCCCCCCC(=O)NC(CO)CCCCCCCCCCCCCCCC. The van der Waals surface area contributed by atoms with Crippen LogP contribution in [-0.2, 0) is 9.59 Å². The maximum absolute atomic E-state index is 12.4. The maximum Gasteiger partial charge on any atom is 0.220 e. The first-order valence-corrected chi connectivity index (χ1v) is 25.2. The Labute approximate surface area is 345 Å². The van der Waals surface area contributed by atoms with E-state index in [-0.39, 0.29) is 18.6 Å². The van der Waals surface area contributed by atoms with Gasteiger partial charge in [0.15, 0.2) is 0 Å². The Bertz CT molecular complexity index is 795. The van der Waals surface area contributed by atoms with Crippen molar-refractivity contribution in [1.82, 2.24) is 5.32 Å². The van der Waals surface area contributed by atoms with E-state index in [0.29, 0.717) is 12.2 Å². The van der Waals surface area contributed by atoms with Crippen LogP contribution in [0, 0.1) is 0 Å². The van der Waals surface area contributed by atoms with Crippen molar-refractivity contribution in [2.45, 2.75) is 296 Å². The first kappa shape index (κ1) is 53.8. The second kappa shape index (κ2) is 47.2. The van der Waals surface area contributed by atoms with Gasteiger partial charge in [-0.15, -0.1) is 0 Å². The van der Waals surface area contributed by atoms with Crippen LogP contribution in [0.15, 0.2) is 12.2 Å². The number of rotatable bonds is 47. The Kier molecular flexibility index (Phi) is 46.2. The number of hydrogen-bond donors (Lipinski definition) is 2. The standard InChI is InChI=1S/C51H99NO3/c1-3-5-7-9-11-13-15-17-19-21-25-29-33-37-41-45-50(54)46-42-38-34-30-26-22-23-27-31-35-39-43-47-51(55)52-49(48-53)44-40-36-32-28-24-20-18-16-14-12-10-8-6-4-2/h17,19,49,53H,3-16,18,20-48H2,1-2H3,(H,52,55)/b19-17-. The quantitative estimate of drug-likeness (QED) is 0.0478. The van der Waals surface area contributed by atoms with Gasteiger partial charge < -0.3 is 10.4 Å². The van der Waals surface area contributed by atoms with Gasteiger partial charge in [0.05, 0.1) is 12.6 Å². The fraction of sp³-hybridized carbons (Fsp3) is 0.922. The zero-order valence-corrected chi connectivity index (χ0v) is 37.6. The number of ketones is 1. The Hall–Kier alpha value is -1.16. The van der Waals surface area contributed by atoms with E-state index in [1.165, 1.54) is 218 Å². The van der Waals surface area contributed by atoms with Gasteiger partial charge in [-0.3, -0.25) is 9.59 Å². The van der Waals surface area contributed by atoms with E-state index in [1.807, 2.05) is 0 Å². The van der Waals surface area contributed by atoms with Crippen LogP contribution in [0.2, 0.25) is 0 Å². The molecular formula is C51H99NO3. The van der Waals surface area contributed by atoms with E-state index in [2.05, 4.69) is 31.3 Å². The summed E-state index contributed by atoms with van der Waals surface area (Å²) in [4.78, 5) is 24.6. The number of aliphatic hydroxyl groups excluding tert-OH is 1. The van der Waals surface area contributed by atoms with Gasteiger partial charge in [0.25, 0.3) is 0 Å². The molecule has 0 aromatic heterocycles. The number of hydrogen-bond acceptors (Lipinski definition) is 3. The maximum atomic E-state index is 12.4. The lowest BCUT2D eigenvalue weighted by atomic mass is 10.0. The predicted octanol–water partition coefficient (Wildman–Crippen LogP) is 16.4. The zero-order valence-electron chi connectivity index (χ0n) is 37.6. The molecule has 0 fully saturated rings. The lowest BCUT2D eigenvalue weighted by Crippen LogP contribution is -2.37. The van der Waals surface area contributed by atoms with Gasteiger partial charge in [0.2, 0.25) is 5.91 Å². The van der Waals surface area contributed by atoms with E-state index in [9.17, 15) is 14.7 Å². The summed E-state index contributed by atoms with van der Waals surface area (Å²) in [7, 11) is 0. The Balaban J connectivity index is 3.39. The van der Waals surface area contributed by atoms with Crippen LogP contribution >= 0.6 is 0 Å². The third-order valence-electron chi connectivity index (χ3n) is 11.8. The van der Waals surface area contributed by atoms with Crippen molar-refractivity contribution in [2.24, 2.45) is 0 Å². The molecule has 0 aliphatic carbocycles. The molecule has 4 nitrogen and oxygen atoms in total. The molecular weight excluding hydrogens is 675 g/mol. The largest absolute Gasteiger partial charge is 0.394 e. The molecule has 0 radical (unpaired) electrons. The third kappa shape index (κ3) is 45.4. The number of carbonyl (C=O) groups is 2. The summed E-state index contributed by atoms with van der Waals surface area (Å²) in [5, 5.41) is 12.8. The van der Waals surface area contributed by atoms with Gasteiger partial charge in [-0.2, -0.15) is 0 Å². The summed E-state index contributed by atoms with van der Waals surface area (Å²) in [6.45, 7) is 4.62. The van der Waals surface area contributed by atoms with E-state index >= 15 is 0 Å². The molecule has 0 bridgehead atoms. The highest BCUT2D eigenvalue weighted by atomic mass is 16.3. The summed E-state index contributed by atoms with van der Waals surface area (Å²) < 4.78 is 0. The molecule has 4 heteroatoms. The van der Waals surface area contributed by atoms with Crippen molar-refractivity contribution >= 4 is 11.7 Å². The normalized spacial score (nSPS) is 12.2. The van der Waals surface area contributed by atoms with E-state index in [1.54, 1.807) is 0 Å². The van der Waals surface area contributed by atoms with E-state index in [0.717, 1.165) is 51.4 Å². The lowest BCUT2D eigenvalue weighted by molar-refractivity contribution is -0.122. The number of carbonyl (C=O) groups excluding carboxylic acids is 2. The fourth-order valence-corrected chi connectivity index (χ4v) is 7.99. The molecule has 1 amide bonds. The second-order valence-corrected chi connectivity index (χ2v) is 17.4. The van der Waals surface area contributed by atoms with E-state index in [4.69, 9.17) is 0 Å². The van der Waals surface area contributed by atoms with Crippen molar-refractivity contribution in [3.63, 3.8) is 0 Å². The fourth-order valence-electron chi connectivity index (χ4n) is 7.99. The van der Waals surface area contributed by atoms with Gasteiger partial charge >= 0.3 is 0 Å². The first-order chi connectivity index (χ1) is 27.1. The average Bonchev–Trinajstić information content (AvgIpc) is 3.19. The Morgan fingerprint density at radius 1 is 0.400 bits per heavy atom. The molecule has 0 aliphatic rings. The molecule has 326 valence electrons. The van der Waals surface area contributed by atoms with Gasteiger partial charge in [-0.1, -0.05) is 231 Å². The van der Waals surface area contributed by atoms with Crippen molar-refractivity contribution in [2.75, 3.05) is 6.61 Å². The van der Waals surface area contributed by atoms with Crippen LogP contribution in [0.1, 0.15) is 290 Å². The van der Waals surface area contributed by atoms with Crippen LogP contribution < -0.4 is 5.32 Å². The highest BCUT2D eigenvalue weighted by molar-refractivity contribution is 5.78. The molecule has 0 rings (SSSR count). The first-order valence-electron chi connectivity index (χ1n) is 25.2. The lowest BCUT2D eigenvalue weighted by Gasteiger charge is -2.16. The van der Waals surface area contributed by atoms with Crippen LogP contribution in [0.5, 0.6) is 0 Å². The van der Waals surface area contributed by atoms with E-state index < -0.39 is 0 Å². The van der Waals surface area contributed by atoms with Gasteiger partial charge in [-0.05, 0) is 51.4 Å². The monoisotopic (exact) mass is 774 g/mol. The number of Topliss-reactive ketones (excluding diaryl/α,β-unsaturated/α-hetero) is 1. The molecule has 0 heterocycles. The number of unbranched alkanes of at least 4 members (excludes halogenated alkanes) is 35. The van der Waals surface area contributed by atoms with Crippen molar-refractivity contribution in [1.29, 1.82) is 0 Å². The van der Waals surface area contributed by atoms with Gasteiger partial charge in [0, 0.05) is 19.3 Å². The van der Waals surface area contributed by atoms with Gasteiger partial charge in [-0.25, -0.2) is 0 Å². The topological polar surface area (TPSA) is 66.4 Å². The number of allylic oxidation sites excluding steroid dienone is 2. The molecule has 1 unspecified atom stereocenters. The van der Waals surface area contributed by atoms with Crippen LogP contribution in [-0.4, -0.2) is 29.4 Å². The summed E-state index contributed by atoms with van der Waals surface area (Å²) in [5.41, 5.74) is 0. The molecule has 0 spiro atoms. The smallest absolute Gasteiger partial charge is 0.220 e. The second-order valence-electron chi connectivity index (χ2n) is 17.4. The van der Waals surface area contributed by atoms with Crippen LogP contribution in [0.25, 0.3) is 0 Å². The van der Waals surface area contributed by atoms with Crippen molar-refractivity contribution in [3.8, 4) is 0 Å². The summed E-state index contributed by atoms with van der Waals surface area (Å²) in [6.07, 6.45) is 58.5. The molecule has 1 atom stereocenters. The minimum absolute atomic E-state index is 0.0577. The molecule has 0 aliphatic heterocycles. The minimum atomic E-state index is -0.0701. The molecule has 55 heavy (non-hydrogen) atoms. The molecule has 0 aromatic carbocycles. The third-order valence-corrected chi connectivity index (χ3v) is 11.8. The van der Waals surface area contributed by atoms with Crippen LogP contribution in [0.3, 0.4) is 0 Å². The average molecular weight is 774 g/mol. The minimum Gasteiger partial charge on any atom is -0.394 e. The van der Waals surface area contributed by atoms with Gasteiger partial charge in [0.1, 0.15) is 5.78 Å². The van der Waals surface area contributed by atoms with Crippen molar-refractivity contribution < 1.29 is 14.7 Å².